The fourth-order valence-electron chi connectivity index (χ4n) is 3.27. The third-order valence-corrected chi connectivity index (χ3v) is 4.64. The second-order valence-electron chi connectivity index (χ2n) is 6.47. The molecular weight excluding hydrogens is 364 g/mol. The van der Waals surface area contributed by atoms with Crippen LogP contribution in [-0.4, -0.2) is 36.7 Å². The van der Waals surface area contributed by atoms with Crippen LogP contribution in [0, 0.1) is 0 Å². The van der Waals surface area contributed by atoms with Crippen LogP contribution in [0.3, 0.4) is 0 Å². The van der Waals surface area contributed by atoms with Crippen LogP contribution in [0.1, 0.15) is 11.1 Å². The average molecular weight is 384 g/mol. The van der Waals surface area contributed by atoms with Gasteiger partial charge in [-0.15, -0.1) is 5.10 Å². The first-order valence-electron chi connectivity index (χ1n) is 9.17. The zero-order valence-corrected chi connectivity index (χ0v) is 16.2. The van der Waals surface area contributed by atoms with Gasteiger partial charge in [-0.3, -0.25) is 5.43 Å². The Bertz CT molecular complexity index is 1060. The van der Waals surface area contributed by atoms with Gasteiger partial charge in [-0.25, -0.2) is 9.80 Å². The highest BCUT2D eigenvalue weighted by molar-refractivity contribution is 6.35. The number of hydrazone groups is 2. The Kier molecular flexibility index (Phi) is 5.07. The standard InChI is InChI=1S/C23H20N4O2/c1-27(22(23(28)29-2)25-24-16-10-4-3-5-11-16)26-21-19-14-8-6-12-17(19)18-13-7-9-15-20(18)21/h3-15,24H,1-2H3/b25-22-. The summed E-state index contributed by atoms with van der Waals surface area (Å²) in [5, 5.41) is 10.4. The number of nitrogens with zero attached hydrogens (tertiary/aromatic N) is 3. The van der Waals surface area contributed by atoms with E-state index in [-0.39, 0.29) is 5.84 Å². The van der Waals surface area contributed by atoms with E-state index >= 15 is 0 Å². The number of ether oxygens (including phenoxy) is 1. The summed E-state index contributed by atoms with van der Waals surface area (Å²) in [6.07, 6.45) is 0. The van der Waals surface area contributed by atoms with Gasteiger partial charge >= 0.3 is 5.97 Å². The number of hydrogen-bond donors (Lipinski definition) is 1. The molecule has 0 spiro atoms. The summed E-state index contributed by atoms with van der Waals surface area (Å²) in [6.45, 7) is 0. The largest absolute Gasteiger partial charge is 0.463 e. The summed E-state index contributed by atoms with van der Waals surface area (Å²) in [4.78, 5) is 12.3. The minimum Gasteiger partial charge on any atom is -0.463 e. The number of methoxy groups -OCH3 is 1. The molecule has 29 heavy (non-hydrogen) atoms. The number of hydrogen-bond acceptors (Lipinski definition) is 5. The highest BCUT2D eigenvalue weighted by atomic mass is 16.5. The van der Waals surface area contributed by atoms with Crippen molar-refractivity contribution < 1.29 is 9.53 Å². The number of esters is 1. The first-order valence-corrected chi connectivity index (χ1v) is 9.17. The molecule has 1 aliphatic carbocycles. The fourth-order valence-corrected chi connectivity index (χ4v) is 3.27. The Morgan fingerprint density at radius 3 is 1.90 bits per heavy atom. The molecule has 0 saturated heterocycles. The summed E-state index contributed by atoms with van der Waals surface area (Å²) in [7, 11) is 3.00. The molecular formula is C23H20N4O2. The normalized spacial score (nSPS) is 12.1. The van der Waals surface area contributed by atoms with Crippen LogP contribution in [0.4, 0.5) is 5.69 Å². The van der Waals surface area contributed by atoms with Gasteiger partial charge < -0.3 is 4.74 Å². The third-order valence-electron chi connectivity index (χ3n) is 4.64. The van der Waals surface area contributed by atoms with Crippen molar-refractivity contribution in [2.24, 2.45) is 10.2 Å². The quantitative estimate of drug-likeness (QED) is 0.251. The van der Waals surface area contributed by atoms with Gasteiger partial charge in [0.25, 0.3) is 5.84 Å². The number of likely N-dealkylation sites (N-methyl/N-ethyl adjacent to an activating group) is 1. The van der Waals surface area contributed by atoms with E-state index in [9.17, 15) is 4.79 Å². The van der Waals surface area contributed by atoms with Crippen molar-refractivity contribution in [1.29, 1.82) is 0 Å². The molecule has 0 bridgehead atoms. The van der Waals surface area contributed by atoms with Crippen molar-refractivity contribution in [2.75, 3.05) is 19.6 Å². The molecule has 0 atom stereocenters. The van der Waals surface area contributed by atoms with Gasteiger partial charge in [0.2, 0.25) is 0 Å². The Balaban J connectivity index is 1.73. The second kappa shape index (κ2) is 7.98. The third kappa shape index (κ3) is 3.60. The molecule has 0 radical (unpaired) electrons. The Hall–Kier alpha value is -3.93. The number of benzene rings is 3. The molecule has 1 N–H and O–H groups in total. The van der Waals surface area contributed by atoms with Gasteiger partial charge in [0.15, 0.2) is 0 Å². The predicted octanol–water partition coefficient (Wildman–Crippen LogP) is 3.95. The number of anilines is 1. The number of fused-ring (bicyclic) bond motifs is 3. The molecule has 0 fully saturated rings. The van der Waals surface area contributed by atoms with Crippen LogP contribution in [0.2, 0.25) is 0 Å². The van der Waals surface area contributed by atoms with Gasteiger partial charge in [0, 0.05) is 18.2 Å². The first kappa shape index (κ1) is 18.4. The summed E-state index contributed by atoms with van der Waals surface area (Å²) < 4.78 is 4.90. The average Bonchev–Trinajstić information content (AvgIpc) is 3.08. The number of para-hydroxylation sites is 1. The lowest BCUT2D eigenvalue weighted by molar-refractivity contribution is -0.133. The van der Waals surface area contributed by atoms with Crippen molar-refractivity contribution >= 4 is 23.2 Å². The summed E-state index contributed by atoms with van der Waals surface area (Å²) >= 11 is 0. The van der Waals surface area contributed by atoms with Crippen molar-refractivity contribution in [2.45, 2.75) is 0 Å². The number of carbonyl (C=O) groups is 1. The lowest BCUT2D eigenvalue weighted by atomic mass is 10.1. The van der Waals surface area contributed by atoms with Gasteiger partial charge in [-0.1, -0.05) is 66.7 Å². The maximum absolute atomic E-state index is 12.3. The molecule has 1 aliphatic rings. The summed E-state index contributed by atoms with van der Waals surface area (Å²) in [6, 6.07) is 25.5. The first-order chi connectivity index (χ1) is 14.2. The fraction of sp³-hybridized carbons (Fsp3) is 0.0870. The molecule has 4 rings (SSSR count). The van der Waals surface area contributed by atoms with Crippen LogP contribution in [0.5, 0.6) is 0 Å². The van der Waals surface area contributed by atoms with E-state index < -0.39 is 5.97 Å². The van der Waals surface area contributed by atoms with Gasteiger partial charge in [-0.05, 0) is 23.3 Å². The Morgan fingerprint density at radius 1 is 0.828 bits per heavy atom. The molecule has 144 valence electrons. The summed E-state index contributed by atoms with van der Waals surface area (Å²) in [5.74, 6) is -0.537. The smallest absolute Gasteiger partial charge is 0.377 e. The molecule has 6 nitrogen and oxygen atoms in total. The Labute approximate surface area is 169 Å². The predicted molar refractivity (Wildman–Crippen MR) is 115 cm³/mol. The van der Waals surface area contributed by atoms with Gasteiger partial charge in [0.05, 0.1) is 18.5 Å². The SMILES string of the molecule is COC(=O)/C(=N/Nc1ccccc1)N(C)N=C1c2ccccc2-c2ccccc21. The van der Waals surface area contributed by atoms with Crippen molar-refractivity contribution in [1.82, 2.24) is 5.01 Å². The number of amidine groups is 1. The second-order valence-corrected chi connectivity index (χ2v) is 6.47. The summed E-state index contributed by atoms with van der Waals surface area (Å²) in [5.41, 5.74) is 8.69. The molecule has 0 saturated carbocycles. The van der Waals surface area contributed by atoms with E-state index in [1.165, 1.54) is 12.1 Å². The van der Waals surface area contributed by atoms with Crippen molar-refractivity contribution in [3.8, 4) is 11.1 Å². The zero-order chi connectivity index (χ0) is 20.2. The van der Waals surface area contributed by atoms with Crippen LogP contribution < -0.4 is 5.43 Å². The van der Waals surface area contributed by atoms with E-state index in [4.69, 9.17) is 9.84 Å². The van der Waals surface area contributed by atoms with Crippen molar-refractivity contribution in [3.05, 3.63) is 90.0 Å². The number of carbonyl (C=O) groups excluding carboxylic acids is 1. The van der Waals surface area contributed by atoms with Gasteiger partial charge in [-0.2, -0.15) is 5.10 Å². The highest BCUT2D eigenvalue weighted by Gasteiger charge is 2.26. The minimum absolute atomic E-state index is 0.0470. The van der Waals surface area contributed by atoms with Crippen LogP contribution in [0.15, 0.2) is 89.1 Å². The molecule has 3 aromatic carbocycles. The monoisotopic (exact) mass is 384 g/mol. The van der Waals surface area contributed by atoms with Crippen LogP contribution >= 0.6 is 0 Å². The zero-order valence-electron chi connectivity index (χ0n) is 16.2. The maximum Gasteiger partial charge on any atom is 0.377 e. The molecule has 0 unspecified atom stereocenters. The topological polar surface area (TPSA) is 66.3 Å². The highest BCUT2D eigenvalue weighted by Crippen LogP contribution is 2.36. The van der Waals surface area contributed by atoms with Crippen molar-refractivity contribution in [3.63, 3.8) is 0 Å². The molecule has 0 aromatic heterocycles. The Morgan fingerprint density at radius 2 is 1.34 bits per heavy atom. The van der Waals surface area contributed by atoms with E-state index in [2.05, 4.69) is 22.7 Å². The van der Waals surface area contributed by atoms with E-state index in [0.29, 0.717) is 0 Å². The van der Waals surface area contributed by atoms with Crippen LogP contribution in [-0.2, 0) is 9.53 Å². The molecule has 0 amide bonds. The van der Waals surface area contributed by atoms with Gasteiger partial charge in [0.1, 0.15) is 0 Å². The number of nitrogens with one attached hydrogen (secondary N) is 1. The lowest BCUT2D eigenvalue weighted by Gasteiger charge is -2.16. The lowest BCUT2D eigenvalue weighted by Crippen LogP contribution is -2.32. The van der Waals surface area contributed by atoms with E-state index in [1.54, 1.807) is 7.05 Å². The van der Waals surface area contributed by atoms with E-state index in [0.717, 1.165) is 33.7 Å². The molecule has 0 aliphatic heterocycles. The maximum atomic E-state index is 12.3. The minimum atomic E-state index is -0.583. The van der Waals surface area contributed by atoms with Crippen LogP contribution in [0.25, 0.3) is 11.1 Å². The van der Waals surface area contributed by atoms with E-state index in [1.807, 2.05) is 66.7 Å². The molecule has 3 aromatic rings. The molecule has 0 heterocycles. The number of rotatable bonds is 3. The molecule has 6 heteroatoms.